The number of hydrogen-bond donors (Lipinski definition) is 1. The van der Waals surface area contributed by atoms with Crippen molar-refractivity contribution in [3.63, 3.8) is 0 Å². The summed E-state index contributed by atoms with van der Waals surface area (Å²) in [7, 11) is 0. The highest BCUT2D eigenvalue weighted by molar-refractivity contribution is 8.01. The summed E-state index contributed by atoms with van der Waals surface area (Å²) in [6, 6.07) is 7.40. The van der Waals surface area contributed by atoms with E-state index >= 15 is 0 Å². The van der Waals surface area contributed by atoms with Crippen molar-refractivity contribution in [2.75, 3.05) is 12.3 Å². The van der Waals surface area contributed by atoms with Gasteiger partial charge in [0.05, 0.1) is 11.4 Å². The predicted molar refractivity (Wildman–Crippen MR) is 106 cm³/mol. The first-order valence-corrected chi connectivity index (χ1v) is 10.6. The van der Waals surface area contributed by atoms with E-state index in [-0.39, 0.29) is 11.7 Å². The maximum atomic E-state index is 12.5. The number of amides is 2. The van der Waals surface area contributed by atoms with E-state index in [4.69, 9.17) is 18.0 Å². The van der Waals surface area contributed by atoms with Gasteiger partial charge in [0.1, 0.15) is 6.04 Å². The lowest BCUT2D eigenvalue weighted by Crippen LogP contribution is -2.51. The number of thioether (sulfide) groups is 1. The number of nitrogens with two attached hydrogens (primary N) is 1. The lowest BCUT2D eigenvalue weighted by Gasteiger charge is -2.33. The third-order valence-electron chi connectivity index (χ3n) is 4.34. The number of aryl methyl sites for hydroxylation is 1. The van der Waals surface area contributed by atoms with Crippen LogP contribution in [0.4, 0.5) is 0 Å². The average Bonchev–Trinajstić information content (AvgIpc) is 3.00. The van der Waals surface area contributed by atoms with Gasteiger partial charge in [-0.25, -0.2) is 4.68 Å². The molecule has 1 aliphatic rings. The van der Waals surface area contributed by atoms with Crippen LogP contribution in [0, 0.1) is 10.9 Å². The number of hydrogen-bond acceptors (Lipinski definition) is 6. The molecule has 3 rings (SSSR count). The number of likely N-dealkylation sites (tertiary alicyclic amines) is 1. The van der Waals surface area contributed by atoms with Crippen molar-refractivity contribution in [2.24, 2.45) is 5.73 Å². The maximum absolute atomic E-state index is 12.5. The molecule has 26 heavy (non-hydrogen) atoms. The number of benzene rings is 1. The highest BCUT2D eigenvalue weighted by atomic mass is 32.2. The zero-order chi connectivity index (χ0) is 18.7. The van der Waals surface area contributed by atoms with Crippen molar-refractivity contribution in [3.05, 3.63) is 33.8 Å². The fraction of sp³-hybridized carbons (Fsp3) is 0.412. The molecule has 9 heteroatoms. The molecule has 2 amide bonds. The molecule has 1 fully saturated rings. The van der Waals surface area contributed by atoms with Gasteiger partial charge in [0.2, 0.25) is 11.8 Å². The van der Waals surface area contributed by atoms with Crippen LogP contribution in [0.2, 0.25) is 0 Å². The quantitative estimate of drug-likeness (QED) is 0.608. The molecule has 1 atom stereocenters. The minimum absolute atomic E-state index is 0.0814. The number of rotatable bonds is 5. The normalized spacial score (nSPS) is 17.3. The standard InChI is InChI=1S/C17H20N4O2S3/c1-11-6-2-3-7-12(11)21-17(24)26-16(19-21)25-10-14(22)20-9-5-4-8-13(20)15(18)23/h2-3,6-7,13H,4-5,8-10H2,1H3,(H2,18,23)/t13-/m0/s1. The summed E-state index contributed by atoms with van der Waals surface area (Å²) in [5, 5.41) is 4.54. The van der Waals surface area contributed by atoms with Crippen molar-refractivity contribution in [3.8, 4) is 5.69 Å². The molecule has 1 aromatic heterocycles. The molecular formula is C17H20N4O2S3. The number of carbonyl (C=O) groups is 2. The summed E-state index contributed by atoms with van der Waals surface area (Å²) in [5.74, 6) is -0.288. The fourth-order valence-electron chi connectivity index (χ4n) is 3.00. The predicted octanol–water partition coefficient (Wildman–Crippen LogP) is 2.93. The molecule has 0 aliphatic carbocycles. The molecule has 0 radical (unpaired) electrons. The Labute approximate surface area is 165 Å². The van der Waals surface area contributed by atoms with E-state index in [0.29, 0.717) is 16.9 Å². The maximum Gasteiger partial charge on any atom is 0.240 e. The van der Waals surface area contributed by atoms with E-state index in [2.05, 4.69) is 5.10 Å². The zero-order valence-electron chi connectivity index (χ0n) is 14.4. The Kier molecular flexibility index (Phi) is 6.10. The van der Waals surface area contributed by atoms with Crippen LogP contribution in [0.15, 0.2) is 28.6 Å². The molecule has 1 aromatic carbocycles. The van der Waals surface area contributed by atoms with E-state index in [1.807, 2.05) is 31.2 Å². The van der Waals surface area contributed by atoms with Gasteiger partial charge in [0.15, 0.2) is 8.29 Å². The first kappa shape index (κ1) is 19.1. The Morgan fingerprint density at radius 2 is 2.15 bits per heavy atom. The van der Waals surface area contributed by atoms with Crippen LogP contribution >= 0.6 is 35.3 Å². The summed E-state index contributed by atoms with van der Waals surface area (Å²) in [6.45, 7) is 2.59. The summed E-state index contributed by atoms with van der Waals surface area (Å²) in [6.07, 6.45) is 2.47. The van der Waals surface area contributed by atoms with Gasteiger partial charge in [-0.15, -0.1) is 5.10 Å². The number of aromatic nitrogens is 2. The van der Waals surface area contributed by atoms with Crippen molar-refractivity contribution < 1.29 is 9.59 Å². The minimum Gasteiger partial charge on any atom is -0.368 e. The highest BCUT2D eigenvalue weighted by Crippen LogP contribution is 2.26. The summed E-state index contributed by atoms with van der Waals surface area (Å²) in [4.78, 5) is 25.7. The van der Waals surface area contributed by atoms with E-state index in [1.165, 1.54) is 23.1 Å². The number of carbonyl (C=O) groups excluding carboxylic acids is 2. The highest BCUT2D eigenvalue weighted by Gasteiger charge is 2.30. The molecule has 0 spiro atoms. The molecule has 2 heterocycles. The Bertz CT molecular complexity index is 877. The van der Waals surface area contributed by atoms with Crippen LogP contribution in [-0.4, -0.2) is 44.8 Å². The van der Waals surface area contributed by atoms with Gasteiger partial charge in [-0.3, -0.25) is 9.59 Å². The first-order valence-electron chi connectivity index (χ1n) is 8.35. The molecule has 6 nitrogen and oxygen atoms in total. The minimum atomic E-state index is -0.487. The second-order valence-corrected chi connectivity index (χ2v) is 8.97. The van der Waals surface area contributed by atoms with Gasteiger partial charge >= 0.3 is 0 Å². The smallest absolute Gasteiger partial charge is 0.240 e. The Morgan fingerprint density at radius 1 is 1.38 bits per heavy atom. The number of piperidine rings is 1. The Balaban J connectivity index is 1.70. The molecule has 2 aromatic rings. The molecule has 1 saturated heterocycles. The van der Waals surface area contributed by atoms with Gasteiger partial charge < -0.3 is 10.6 Å². The van der Waals surface area contributed by atoms with Gasteiger partial charge in [0, 0.05) is 6.54 Å². The zero-order valence-corrected chi connectivity index (χ0v) is 16.8. The fourth-order valence-corrected chi connectivity index (χ4v) is 5.24. The molecule has 0 saturated carbocycles. The van der Waals surface area contributed by atoms with Crippen molar-refractivity contribution in [2.45, 2.75) is 36.6 Å². The number of para-hydroxylation sites is 1. The Hall–Kier alpha value is -1.71. The summed E-state index contributed by atoms with van der Waals surface area (Å²) >= 11 is 8.15. The SMILES string of the molecule is Cc1ccccc1-n1nc(SCC(=O)N2CCCC[C@H]2C(N)=O)sc1=S. The summed E-state index contributed by atoms with van der Waals surface area (Å²) < 4.78 is 3.11. The van der Waals surface area contributed by atoms with Crippen molar-refractivity contribution >= 4 is 47.1 Å². The molecular weight excluding hydrogens is 388 g/mol. The molecule has 2 N–H and O–H groups in total. The second kappa shape index (κ2) is 8.32. The second-order valence-electron chi connectivity index (χ2n) is 6.12. The first-order chi connectivity index (χ1) is 12.5. The monoisotopic (exact) mass is 408 g/mol. The lowest BCUT2D eigenvalue weighted by molar-refractivity contribution is -0.138. The van der Waals surface area contributed by atoms with Crippen LogP contribution in [0.5, 0.6) is 0 Å². The van der Waals surface area contributed by atoms with Crippen LogP contribution in [0.1, 0.15) is 24.8 Å². The van der Waals surface area contributed by atoms with Gasteiger partial charge in [-0.2, -0.15) is 0 Å². The number of nitrogens with zero attached hydrogens (tertiary/aromatic N) is 3. The largest absolute Gasteiger partial charge is 0.368 e. The van der Waals surface area contributed by atoms with Gasteiger partial charge in [-0.05, 0) is 50.0 Å². The third-order valence-corrected chi connectivity index (χ3v) is 6.69. The van der Waals surface area contributed by atoms with Crippen LogP contribution in [0.25, 0.3) is 5.69 Å². The van der Waals surface area contributed by atoms with E-state index in [0.717, 1.165) is 28.4 Å². The van der Waals surface area contributed by atoms with Crippen molar-refractivity contribution in [1.29, 1.82) is 0 Å². The topological polar surface area (TPSA) is 81.2 Å². The lowest BCUT2D eigenvalue weighted by atomic mass is 10.0. The number of primary amides is 1. The molecule has 1 aliphatic heterocycles. The Morgan fingerprint density at radius 3 is 2.88 bits per heavy atom. The van der Waals surface area contributed by atoms with E-state index < -0.39 is 11.9 Å². The average molecular weight is 409 g/mol. The molecule has 0 bridgehead atoms. The van der Waals surface area contributed by atoms with E-state index in [1.54, 1.807) is 9.58 Å². The van der Waals surface area contributed by atoms with Gasteiger partial charge in [-0.1, -0.05) is 41.3 Å². The molecule has 138 valence electrons. The molecule has 0 unspecified atom stereocenters. The van der Waals surface area contributed by atoms with Crippen LogP contribution in [-0.2, 0) is 9.59 Å². The van der Waals surface area contributed by atoms with Crippen molar-refractivity contribution in [1.82, 2.24) is 14.7 Å². The summed E-state index contributed by atoms with van der Waals surface area (Å²) in [5.41, 5.74) is 7.46. The van der Waals surface area contributed by atoms with Gasteiger partial charge in [0.25, 0.3) is 0 Å². The van der Waals surface area contributed by atoms with Crippen LogP contribution < -0.4 is 5.73 Å². The third kappa shape index (κ3) is 4.16. The van der Waals surface area contributed by atoms with E-state index in [9.17, 15) is 9.59 Å². The van der Waals surface area contributed by atoms with Crippen LogP contribution in [0.3, 0.4) is 0 Å².